The normalized spacial score (nSPS) is 19.8. The number of thioether (sulfide) groups is 1. The number of hydrogen-bond donors (Lipinski definition) is 1. The molecule has 1 unspecified atom stereocenters. The molecular formula is C32H43N3OS. The first-order valence-electron chi connectivity index (χ1n) is 13.5. The van der Waals surface area contributed by atoms with E-state index in [2.05, 4.69) is 65.8 Å². The van der Waals surface area contributed by atoms with Crippen molar-refractivity contribution in [2.24, 2.45) is 5.92 Å². The molecule has 1 saturated heterocycles. The van der Waals surface area contributed by atoms with Crippen LogP contribution >= 0.6 is 11.8 Å². The Labute approximate surface area is 228 Å². The number of piperidine rings is 1. The van der Waals surface area contributed by atoms with Gasteiger partial charge in [-0.25, -0.2) is 9.97 Å². The van der Waals surface area contributed by atoms with E-state index in [0.717, 1.165) is 35.7 Å². The van der Waals surface area contributed by atoms with Crippen molar-refractivity contribution in [1.82, 2.24) is 14.9 Å². The summed E-state index contributed by atoms with van der Waals surface area (Å²) in [5.41, 5.74) is 5.69. The van der Waals surface area contributed by atoms with Crippen LogP contribution in [0.3, 0.4) is 0 Å². The van der Waals surface area contributed by atoms with Gasteiger partial charge in [0.25, 0.3) is 0 Å². The van der Waals surface area contributed by atoms with E-state index in [1.165, 1.54) is 41.8 Å². The minimum absolute atomic E-state index is 0.522. The molecule has 0 bridgehead atoms. The molecule has 2 fully saturated rings. The van der Waals surface area contributed by atoms with Gasteiger partial charge in [-0.05, 0) is 88.3 Å². The van der Waals surface area contributed by atoms with Crippen molar-refractivity contribution in [2.75, 3.05) is 12.3 Å². The number of nitrogens with zero attached hydrogens (tertiary/aromatic N) is 3. The maximum absolute atomic E-state index is 10.4. The number of aromatic nitrogens is 2. The summed E-state index contributed by atoms with van der Waals surface area (Å²) in [5, 5.41) is 10.4. The zero-order chi connectivity index (χ0) is 27.0. The highest BCUT2D eigenvalue weighted by Crippen LogP contribution is 2.44. The van der Waals surface area contributed by atoms with E-state index < -0.39 is 5.60 Å². The molecule has 1 aromatic carbocycles. The molecule has 1 aliphatic carbocycles. The molecule has 4 rings (SSSR count). The molecule has 1 aromatic heterocycles. The van der Waals surface area contributed by atoms with E-state index in [1.54, 1.807) is 5.57 Å². The summed E-state index contributed by atoms with van der Waals surface area (Å²) in [6, 6.07) is 11.0. The Balaban J connectivity index is 0.000000886. The molecule has 0 amide bonds. The fourth-order valence-electron chi connectivity index (χ4n) is 4.58. The third-order valence-electron chi connectivity index (χ3n) is 7.28. The molecule has 1 aliphatic heterocycles. The molecule has 0 radical (unpaired) electrons. The SMILES string of the molecule is C#CCC.C/C(SCC1CC[C@@H](C)N(C(=C2CC2)c2ccccc2-c2ncccn2)C1)=C(/C)C(C)(C)O. The van der Waals surface area contributed by atoms with Crippen LogP contribution in [0.4, 0.5) is 0 Å². The van der Waals surface area contributed by atoms with E-state index in [-0.39, 0.29) is 0 Å². The zero-order valence-electron chi connectivity index (χ0n) is 23.4. The van der Waals surface area contributed by atoms with Gasteiger partial charge in [0, 0.05) is 54.0 Å². The molecule has 2 aromatic rings. The van der Waals surface area contributed by atoms with Gasteiger partial charge in [0.2, 0.25) is 0 Å². The van der Waals surface area contributed by atoms with Crippen LogP contribution < -0.4 is 0 Å². The predicted octanol–water partition coefficient (Wildman–Crippen LogP) is 7.58. The van der Waals surface area contributed by atoms with E-state index in [1.807, 2.05) is 51.0 Å². The Bertz CT molecular complexity index is 1130. The standard InChI is InChI=1S/C28H37N3OS.C4H6/c1-19-11-12-22(18-33-21(3)20(2)28(4,5)32)17-31(19)26(23-13-14-23)24-9-6-7-10-25(24)27-29-15-8-16-30-27;1-3-4-2/h6-10,15-16,19,22,32H,11-14,17-18H2,1-5H3;1H,4H2,2H3/b21-20+;/t19-,22?;/m1./s1. The lowest BCUT2D eigenvalue weighted by Crippen LogP contribution is -2.41. The third kappa shape index (κ3) is 7.97. The lowest BCUT2D eigenvalue weighted by Gasteiger charge is -2.41. The van der Waals surface area contributed by atoms with Gasteiger partial charge in [0.1, 0.15) is 0 Å². The fraction of sp³-hybridized carbons (Fsp3) is 0.500. The maximum Gasteiger partial charge on any atom is 0.159 e. The second-order valence-corrected chi connectivity index (χ2v) is 11.9. The third-order valence-corrected chi connectivity index (χ3v) is 8.65. The molecular weight excluding hydrogens is 474 g/mol. The smallest absolute Gasteiger partial charge is 0.159 e. The lowest BCUT2D eigenvalue weighted by atomic mass is 9.92. The first-order valence-corrected chi connectivity index (χ1v) is 14.5. The number of likely N-dealkylation sites (tertiary alicyclic amines) is 1. The average molecular weight is 518 g/mol. The Morgan fingerprint density at radius 1 is 1.14 bits per heavy atom. The molecule has 37 heavy (non-hydrogen) atoms. The number of rotatable bonds is 7. The predicted molar refractivity (Wildman–Crippen MR) is 159 cm³/mol. The molecule has 2 atom stereocenters. The minimum Gasteiger partial charge on any atom is -0.386 e. The summed E-state index contributed by atoms with van der Waals surface area (Å²) in [6.45, 7) is 13.3. The number of hydrogen-bond acceptors (Lipinski definition) is 5. The van der Waals surface area contributed by atoms with Crippen LogP contribution in [-0.4, -0.2) is 43.9 Å². The van der Waals surface area contributed by atoms with Gasteiger partial charge >= 0.3 is 0 Å². The van der Waals surface area contributed by atoms with Crippen molar-refractivity contribution in [3.63, 3.8) is 0 Å². The van der Waals surface area contributed by atoms with Gasteiger partial charge in [-0.1, -0.05) is 31.2 Å². The Kier molecular flexibility index (Phi) is 10.4. The van der Waals surface area contributed by atoms with Crippen LogP contribution in [0.25, 0.3) is 17.1 Å². The van der Waals surface area contributed by atoms with Crippen LogP contribution in [-0.2, 0) is 0 Å². The van der Waals surface area contributed by atoms with Crippen LogP contribution in [0.1, 0.15) is 79.2 Å². The summed E-state index contributed by atoms with van der Waals surface area (Å²) in [4.78, 5) is 13.0. The second-order valence-electron chi connectivity index (χ2n) is 10.6. The van der Waals surface area contributed by atoms with Gasteiger partial charge in [-0.3, -0.25) is 0 Å². The summed E-state index contributed by atoms with van der Waals surface area (Å²) in [6.07, 6.45) is 14.1. The summed E-state index contributed by atoms with van der Waals surface area (Å²) in [7, 11) is 0. The number of allylic oxidation sites excluding steroid dienone is 2. The quantitative estimate of drug-likeness (QED) is 0.384. The van der Waals surface area contributed by atoms with E-state index in [9.17, 15) is 5.11 Å². The Morgan fingerprint density at radius 2 is 1.78 bits per heavy atom. The summed E-state index contributed by atoms with van der Waals surface area (Å²) >= 11 is 1.91. The highest BCUT2D eigenvalue weighted by Gasteiger charge is 2.33. The maximum atomic E-state index is 10.4. The van der Waals surface area contributed by atoms with Crippen molar-refractivity contribution in [2.45, 2.75) is 85.3 Å². The molecule has 4 nitrogen and oxygen atoms in total. The van der Waals surface area contributed by atoms with E-state index >= 15 is 0 Å². The Hall–Kier alpha value is -2.55. The van der Waals surface area contributed by atoms with Gasteiger partial charge < -0.3 is 10.0 Å². The molecule has 1 N–H and O–H groups in total. The molecule has 2 heterocycles. The first kappa shape index (κ1) is 29.0. The number of benzene rings is 1. The van der Waals surface area contributed by atoms with E-state index in [0.29, 0.717) is 12.0 Å². The van der Waals surface area contributed by atoms with Crippen molar-refractivity contribution in [3.8, 4) is 23.7 Å². The second kappa shape index (κ2) is 13.3. The highest BCUT2D eigenvalue weighted by molar-refractivity contribution is 8.03. The van der Waals surface area contributed by atoms with Crippen molar-refractivity contribution in [3.05, 3.63) is 64.3 Å². The van der Waals surface area contributed by atoms with Crippen molar-refractivity contribution in [1.29, 1.82) is 0 Å². The summed E-state index contributed by atoms with van der Waals surface area (Å²) in [5.74, 6) is 4.95. The van der Waals surface area contributed by atoms with Gasteiger partial charge in [-0.2, -0.15) is 0 Å². The van der Waals surface area contributed by atoms with Gasteiger partial charge in [0.15, 0.2) is 5.82 Å². The van der Waals surface area contributed by atoms with E-state index in [4.69, 9.17) is 6.42 Å². The molecule has 5 heteroatoms. The van der Waals surface area contributed by atoms with Crippen molar-refractivity contribution < 1.29 is 5.11 Å². The van der Waals surface area contributed by atoms with Crippen LogP contribution in [0.15, 0.2) is 58.8 Å². The van der Waals surface area contributed by atoms with Gasteiger partial charge in [0.05, 0.1) is 5.60 Å². The van der Waals surface area contributed by atoms with Gasteiger partial charge in [-0.15, -0.1) is 24.1 Å². The number of terminal acetylenes is 1. The van der Waals surface area contributed by atoms with Crippen molar-refractivity contribution >= 4 is 17.5 Å². The molecule has 2 aliphatic rings. The molecule has 1 saturated carbocycles. The monoisotopic (exact) mass is 517 g/mol. The zero-order valence-corrected chi connectivity index (χ0v) is 24.2. The minimum atomic E-state index is -0.753. The number of aliphatic hydroxyl groups is 1. The molecule has 0 spiro atoms. The van der Waals surface area contributed by atoms with Crippen LogP contribution in [0, 0.1) is 18.3 Å². The van der Waals surface area contributed by atoms with Crippen LogP contribution in [0.5, 0.6) is 0 Å². The molecule has 198 valence electrons. The lowest BCUT2D eigenvalue weighted by molar-refractivity contribution is 0.119. The topological polar surface area (TPSA) is 49.2 Å². The largest absolute Gasteiger partial charge is 0.386 e. The van der Waals surface area contributed by atoms with Crippen LogP contribution in [0.2, 0.25) is 0 Å². The Morgan fingerprint density at radius 3 is 2.38 bits per heavy atom. The summed E-state index contributed by atoms with van der Waals surface area (Å²) < 4.78 is 0. The highest BCUT2D eigenvalue weighted by atomic mass is 32.2. The fourth-order valence-corrected chi connectivity index (χ4v) is 5.81. The average Bonchev–Trinajstić information content (AvgIpc) is 3.74. The first-order chi connectivity index (χ1) is 17.7.